The van der Waals surface area contributed by atoms with Crippen LogP contribution >= 0.6 is 47.8 Å². The minimum Gasteiger partial charge on any atom is -0.716 e. The molecule has 0 aromatic heterocycles. The first kappa shape index (κ1) is 67.1. The van der Waals surface area contributed by atoms with Crippen molar-refractivity contribution in [2.75, 3.05) is 68.9 Å². The van der Waals surface area contributed by atoms with Gasteiger partial charge in [0.1, 0.15) is 59.2 Å². The molecule has 0 radical (unpaired) electrons. The topological polar surface area (TPSA) is 308 Å². The number of aldehydes is 1. The zero-order valence-electron chi connectivity index (χ0n) is 42.9. The molecule has 0 aliphatic carbocycles. The highest BCUT2D eigenvalue weighted by Gasteiger charge is 2.15. The van der Waals surface area contributed by atoms with Crippen LogP contribution in [0.25, 0.3) is 0 Å². The molecule has 0 unspecified atom stereocenters. The van der Waals surface area contributed by atoms with E-state index in [0.29, 0.717) is 53.0 Å². The third kappa shape index (κ3) is 27.7. The molecule has 0 saturated heterocycles. The monoisotopic (exact) mass is 1300 g/mol. The van der Waals surface area contributed by atoms with E-state index in [1.165, 1.54) is 36.4 Å². The SMILES string of the molecule is CCN(CCOc1cc(C)cc(O)c1)c1cc(Br)ccc1O.CCN(CCOc1cc(C)cc(OS(=O)(=O)[O-])c1)c1cc(Br)ccc1OS(=O)(=O)[O-].CCNCCO.Cc1cc(O)cc(O)c1.O=Cc1cc(Br)ccc1O. The molecule has 0 fully saturated rings. The number of nitrogens with one attached hydrogen (secondary N) is 1. The standard InChI is InChI=1S/C17H20BrNO9S2.C17H20BrNO3.C7H5BrO2.C7H8O2.C4H11NO/c1-3-19(16-10-13(18)4-5-17(16)28-30(23,24)25)6-7-26-14-8-12(2)9-15(11-14)27-29(20,21)22;1-3-19(16-10-13(18)4-5-17(16)21)6-7-22-15-9-12(2)8-14(20)11-15;8-6-1-2-7(10)5(3-6)4-9;1-5-2-6(8)4-7(9)3-5;1-2-5-3-4-6/h4-5,8-11H,3,6-7H2,1-2H3,(H,20,21,22)(H,23,24,25);4-5,8-11,20-21H,3,6-7H2,1-2H3;1-4,10H;2-4,8-9H,1H3;5-6H,2-4H2,1H3/p-2. The van der Waals surface area contributed by atoms with Crippen LogP contribution in [-0.2, 0) is 20.8 Å². The third-order valence-electron chi connectivity index (χ3n) is 9.72. The summed E-state index contributed by atoms with van der Waals surface area (Å²) in [5, 5.41) is 57.3. The Labute approximate surface area is 474 Å². The summed E-state index contributed by atoms with van der Waals surface area (Å²) >= 11 is 9.87. The summed E-state index contributed by atoms with van der Waals surface area (Å²) < 4.78 is 87.8. The number of ether oxygens (including phenoxy) is 2. The molecule has 6 aromatic carbocycles. The lowest BCUT2D eigenvalue weighted by Crippen LogP contribution is -2.29. The highest BCUT2D eigenvalue weighted by atomic mass is 79.9. The molecule has 0 aliphatic rings. The van der Waals surface area contributed by atoms with Crippen LogP contribution in [0.1, 0.15) is 47.8 Å². The van der Waals surface area contributed by atoms with Crippen molar-refractivity contribution in [2.45, 2.75) is 41.5 Å². The van der Waals surface area contributed by atoms with E-state index in [1.807, 2.05) is 44.7 Å². The maximum absolute atomic E-state index is 11.0. The maximum atomic E-state index is 11.0. The number of aryl methyl sites for hydroxylation is 3. The quantitative estimate of drug-likeness (QED) is 0.0162. The zero-order valence-corrected chi connectivity index (χ0v) is 49.2. The highest BCUT2D eigenvalue weighted by molar-refractivity contribution is 9.11. The molecule has 0 bridgehead atoms. The van der Waals surface area contributed by atoms with Crippen molar-refractivity contribution < 1.29 is 79.2 Å². The van der Waals surface area contributed by atoms with E-state index >= 15 is 0 Å². The first-order valence-corrected chi connectivity index (χ1v) is 28.2. The van der Waals surface area contributed by atoms with E-state index in [0.717, 1.165) is 45.4 Å². The molecule has 0 aliphatic heterocycles. The maximum Gasteiger partial charge on any atom is 0.262 e. The molecule has 0 amide bonds. The average molecular weight is 1300 g/mol. The number of carbonyl (C=O) groups excluding carboxylic acids is 1. The number of hydrogen-bond donors (Lipinski definition) is 7. The predicted octanol–water partition coefficient (Wildman–Crippen LogP) is 9.38. The first-order chi connectivity index (χ1) is 36.2. The van der Waals surface area contributed by atoms with Crippen molar-refractivity contribution >= 4 is 86.2 Å². The van der Waals surface area contributed by atoms with Gasteiger partial charge in [-0.2, -0.15) is 0 Å². The van der Waals surface area contributed by atoms with Gasteiger partial charge < -0.3 is 72.7 Å². The summed E-state index contributed by atoms with van der Waals surface area (Å²) in [4.78, 5) is 14.0. The number of aromatic hydroxyl groups is 5. The molecule has 7 N–H and O–H groups in total. The lowest BCUT2D eigenvalue weighted by atomic mass is 10.2. The molecule has 20 nitrogen and oxygen atoms in total. The molecule has 0 spiro atoms. The Balaban J connectivity index is 0.000000372. The first-order valence-electron chi connectivity index (χ1n) is 23.2. The Morgan fingerprint density at radius 2 is 1.00 bits per heavy atom. The number of carbonyl (C=O) groups is 1. The Kier molecular flexibility index (Phi) is 29.6. The van der Waals surface area contributed by atoms with Gasteiger partial charge in [0.2, 0.25) is 0 Å². The van der Waals surface area contributed by atoms with Gasteiger partial charge in [0, 0.05) is 51.3 Å². The predicted molar refractivity (Wildman–Crippen MR) is 303 cm³/mol. The number of likely N-dealkylation sites (N-methyl/N-ethyl adjacent to an activating group) is 3. The van der Waals surface area contributed by atoms with E-state index in [-0.39, 0.29) is 65.8 Å². The van der Waals surface area contributed by atoms with Crippen molar-refractivity contribution in [1.29, 1.82) is 0 Å². The number of aliphatic hydroxyl groups is 1. The summed E-state index contributed by atoms with van der Waals surface area (Å²) in [7, 11) is -9.87. The molecule has 0 atom stereocenters. The summed E-state index contributed by atoms with van der Waals surface area (Å²) in [5.74, 6) is 1.30. The van der Waals surface area contributed by atoms with Crippen LogP contribution in [0.2, 0.25) is 0 Å². The number of nitrogens with zero attached hydrogens (tertiary/aromatic N) is 2. The van der Waals surface area contributed by atoms with Gasteiger partial charge in [0.25, 0.3) is 20.8 Å². The number of anilines is 2. The molecule has 6 aromatic rings. The fourth-order valence-corrected chi connectivity index (χ4v) is 8.28. The number of benzene rings is 6. The van der Waals surface area contributed by atoms with Gasteiger partial charge in [-0.15, -0.1) is 0 Å². The summed E-state index contributed by atoms with van der Waals surface area (Å²) in [6.45, 7) is 15.8. The van der Waals surface area contributed by atoms with Crippen molar-refractivity contribution in [3.05, 3.63) is 145 Å². The van der Waals surface area contributed by atoms with E-state index in [2.05, 4.69) is 61.5 Å². The number of aliphatic hydroxyl groups excluding tert-OH is 1. The van der Waals surface area contributed by atoms with Crippen LogP contribution in [0.3, 0.4) is 0 Å². The fourth-order valence-electron chi connectivity index (χ4n) is 6.51. The number of phenolic OH excluding ortho intramolecular Hbond substituents is 5. The summed E-state index contributed by atoms with van der Waals surface area (Å²) in [6.07, 6.45) is 0.611. The van der Waals surface area contributed by atoms with Gasteiger partial charge in [-0.05, 0) is 149 Å². The molecular weight excluding hydrogens is 1240 g/mol. The Morgan fingerprint density at radius 3 is 1.45 bits per heavy atom. The second-order valence-electron chi connectivity index (χ2n) is 16.0. The molecule has 77 heavy (non-hydrogen) atoms. The number of hydrogen-bond acceptors (Lipinski definition) is 20. The van der Waals surface area contributed by atoms with E-state index in [1.54, 1.807) is 79.4 Å². The van der Waals surface area contributed by atoms with Crippen molar-refractivity contribution in [1.82, 2.24) is 5.32 Å². The number of phenols is 5. The van der Waals surface area contributed by atoms with Crippen LogP contribution in [0.4, 0.5) is 11.4 Å². The third-order valence-corrected chi connectivity index (χ3v) is 12.0. The van der Waals surface area contributed by atoms with E-state index in [4.69, 9.17) is 29.9 Å². The second-order valence-corrected chi connectivity index (χ2v) is 20.7. The Bertz CT molecular complexity index is 2950. The van der Waals surface area contributed by atoms with Crippen molar-refractivity contribution in [2.24, 2.45) is 0 Å². The summed E-state index contributed by atoms with van der Waals surface area (Å²) in [6, 6.07) is 28.4. The molecular formula is C52H62Br3N3O17S2-2. The number of halogens is 3. The molecule has 422 valence electrons. The van der Waals surface area contributed by atoms with Gasteiger partial charge in [-0.25, -0.2) is 16.8 Å². The van der Waals surface area contributed by atoms with Crippen LogP contribution in [0.5, 0.6) is 51.7 Å². The van der Waals surface area contributed by atoms with Gasteiger partial charge in [0.15, 0.2) is 12.0 Å². The molecule has 25 heteroatoms. The Hall–Kier alpha value is -6.03. The molecule has 0 heterocycles. The lowest BCUT2D eigenvalue weighted by Gasteiger charge is -2.26. The normalized spacial score (nSPS) is 10.6. The Morgan fingerprint density at radius 1 is 0.558 bits per heavy atom. The number of rotatable bonds is 20. The minimum atomic E-state index is -4.95. The molecule has 0 saturated carbocycles. The fraction of sp³-hybridized carbons (Fsp3) is 0.288. The van der Waals surface area contributed by atoms with Gasteiger partial charge >= 0.3 is 0 Å². The van der Waals surface area contributed by atoms with Gasteiger partial charge in [0.05, 0.1) is 36.6 Å². The summed E-state index contributed by atoms with van der Waals surface area (Å²) in [5.41, 5.74) is 3.85. The smallest absolute Gasteiger partial charge is 0.262 e. The average Bonchev–Trinajstić information content (AvgIpc) is 3.32. The largest absolute Gasteiger partial charge is 0.716 e. The van der Waals surface area contributed by atoms with Crippen LogP contribution in [-0.4, -0.2) is 122 Å². The van der Waals surface area contributed by atoms with E-state index < -0.39 is 20.8 Å². The zero-order chi connectivity index (χ0) is 57.9. The second kappa shape index (κ2) is 34.0. The van der Waals surface area contributed by atoms with Crippen molar-refractivity contribution in [3.8, 4) is 51.7 Å². The molecule has 6 rings (SSSR count). The van der Waals surface area contributed by atoms with Gasteiger partial charge in [-0.3, -0.25) is 4.79 Å². The van der Waals surface area contributed by atoms with Crippen LogP contribution in [0.15, 0.2) is 123 Å². The highest BCUT2D eigenvalue weighted by Crippen LogP contribution is 2.34. The van der Waals surface area contributed by atoms with Gasteiger partial charge in [-0.1, -0.05) is 54.7 Å². The van der Waals surface area contributed by atoms with Crippen LogP contribution in [0, 0.1) is 20.8 Å². The lowest BCUT2D eigenvalue weighted by molar-refractivity contribution is 0.112. The van der Waals surface area contributed by atoms with Crippen LogP contribution < -0.4 is 33.0 Å². The minimum absolute atomic E-state index is 0.0122. The van der Waals surface area contributed by atoms with Crippen molar-refractivity contribution in [3.63, 3.8) is 0 Å². The van der Waals surface area contributed by atoms with E-state index in [9.17, 15) is 40.9 Å².